The van der Waals surface area contributed by atoms with Gasteiger partial charge >= 0.3 is 5.69 Å². The summed E-state index contributed by atoms with van der Waals surface area (Å²) in [6.07, 6.45) is 1.45. The van der Waals surface area contributed by atoms with Crippen LogP contribution in [0.25, 0.3) is 0 Å². The number of nitrogens with one attached hydrogen (secondary N) is 2. The number of aryl methyl sites for hydroxylation is 1. The smallest absolute Gasteiger partial charge is 0.311 e. The lowest BCUT2D eigenvalue weighted by atomic mass is 10.3. The van der Waals surface area contributed by atoms with E-state index in [0.29, 0.717) is 5.56 Å². The van der Waals surface area contributed by atoms with Crippen molar-refractivity contribution in [2.75, 3.05) is 19.3 Å². The summed E-state index contributed by atoms with van der Waals surface area (Å²) in [7, 11) is 1.04. The maximum Gasteiger partial charge on any atom is 0.330 e. The molecule has 0 aliphatic heterocycles. The van der Waals surface area contributed by atoms with Crippen LogP contribution in [-0.4, -0.2) is 36.9 Å². The van der Waals surface area contributed by atoms with E-state index in [4.69, 9.17) is 0 Å². The molecule has 1 heterocycles. The molecule has 0 spiro atoms. The highest BCUT2D eigenvalue weighted by molar-refractivity contribution is 7.89. The van der Waals surface area contributed by atoms with Gasteiger partial charge in [-0.05, 0) is 7.05 Å². The van der Waals surface area contributed by atoms with Gasteiger partial charge < -0.3 is 9.88 Å². The predicted molar refractivity (Wildman–Crippen MR) is 71.5 cm³/mol. The average Bonchev–Trinajstić information content (AvgIpc) is 2.37. The molecule has 8 nitrogen and oxygen atoms in total. The fraction of sp³-hybridized carbons (Fsp3) is 0.600. The van der Waals surface area contributed by atoms with E-state index >= 15 is 0 Å². The summed E-state index contributed by atoms with van der Waals surface area (Å²) >= 11 is 0. The lowest BCUT2D eigenvalue weighted by molar-refractivity contribution is 0.581. The Labute approximate surface area is 111 Å². The van der Waals surface area contributed by atoms with E-state index < -0.39 is 15.7 Å². The van der Waals surface area contributed by atoms with Crippen molar-refractivity contribution in [3.63, 3.8) is 0 Å². The molecule has 0 radical (unpaired) electrons. The Hall–Kier alpha value is -1.45. The lowest BCUT2D eigenvalue weighted by Crippen LogP contribution is -2.40. The van der Waals surface area contributed by atoms with Gasteiger partial charge in [0, 0.05) is 38.9 Å². The molecule has 0 fully saturated rings. The van der Waals surface area contributed by atoms with Crippen LogP contribution in [0.1, 0.15) is 5.56 Å². The topological polar surface area (TPSA) is 102 Å². The van der Waals surface area contributed by atoms with E-state index in [-0.39, 0.29) is 24.4 Å². The molecular weight excluding hydrogens is 272 g/mol. The first-order valence-corrected chi connectivity index (χ1v) is 7.31. The summed E-state index contributed by atoms with van der Waals surface area (Å²) in [6, 6.07) is 0. The van der Waals surface area contributed by atoms with Gasteiger partial charge in [-0.2, -0.15) is 0 Å². The van der Waals surface area contributed by atoms with Gasteiger partial charge in [0.1, 0.15) is 0 Å². The third-order valence-electron chi connectivity index (χ3n) is 2.69. The van der Waals surface area contributed by atoms with Crippen LogP contribution in [0.4, 0.5) is 0 Å². The fourth-order valence-electron chi connectivity index (χ4n) is 1.54. The van der Waals surface area contributed by atoms with E-state index in [9.17, 15) is 18.0 Å². The summed E-state index contributed by atoms with van der Waals surface area (Å²) in [5.41, 5.74) is -0.370. The summed E-state index contributed by atoms with van der Waals surface area (Å²) < 4.78 is 26.9. The number of aromatic nitrogens is 2. The minimum absolute atomic E-state index is 0.0738. The van der Waals surface area contributed by atoms with Gasteiger partial charge in [-0.3, -0.25) is 9.36 Å². The lowest BCUT2D eigenvalue weighted by Gasteiger charge is -2.08. The Balaban J connectivity index is 2.70. The maximum atomic E-state index is 11.8. The van der Waals surface area contributed by atoms with Crippen LogP contribution in [0.3, 0.4) is 0 Å². The van der Waals surface area contributed by atoms with Gasteiger partial charge in [-0.15, -0.1) is 0 Å². The maximum absolute atomic E-state index is 11.8. The van der Waals surface area contributed by atoms with Crippen molar-refractivity contribution in [1.82, 2.24) is 19.2 Å². The van der Waals surface area contributed by atoms with Crippen molar-refractivity contribution in [3.05, 3.63) is 32.6 Å². The molecule has 0 aromatic carbocycles. The Morgan fingerprint density at radius 2 is 1.89 bits per heavy atom. The van der Waals surface area contributed by atoms with Gasteiger partial charge in [-0.1, -0.05) is 0 Å². The molecule has 0 bridgehead atoms. The molecule has 0 unspecified atom stereocenters. The second-order valence-corrected chi connectivity index (χ2v) is 6.16. The molecule has 0 atom stereocenters. The minimum Gasteiger partial charge on any atom is -0.311 e. The summed E-state index contributed by atoms with van der Waals surface area (Å²) in [4.78, 5) is 23.2. The van der Waals surface area contributed by atoms with Crippen LogP contribution in [0.5, 0.6) is 0 Å². The second-order valence-electron chi connectivity index (χ2n) is 4.11. The molecule has 19 heavy (non-hydrogen) atoms. The van der Waals surface area contributed by atoms with E-state index in [1.54, 1.807) is 7.05 Å². The molecule has 2 N–H and O–H groups in total. The minimum atomic E-state index is -3.26. The molecule has 0 amide bonds. The number of hydrogen-bond acceptors (Lipinski definition) is 5. The van der Waals surface area contributed by atoms with Crippen LogP contribution < -0.4 is 21.3 Å². The van der Waals surface area contributed by atoms with Crippen molar-refractivity contribution >= 4 is 10.0 Å². The third kappa shape index (κ3) is 4.01. The van der Waals surface area contributed by atoms with Crippen LogP contribution in [-0.2, 0) is 30.7 Å². The number of hydrogen-bond donors (Lipinski definition) is 2. The van der Waals surface area contributed by atoms with E-state index in [2.05, 4.69) is 10.0 Å². The zero-order valence-electron chi connectivity index (χ0n) is 11.1. The summed E-state index contributed by atoms with van der Waals surface area (Å²) in [6.45, 7) is 0.426. The van der Waals surface area contributed by atoms with Gasteiger partial charge in [0.15, 0.2) is 0 Å². The largest absolute Gasteiger partial charge is 0.330 e. The molecule has 1 aromatic rings. The van der Waals surface area contributed by atoms with Crippen molar-refractivity contribution < 1.29 is 8.42 Å². The highest BCUT2D eigenvalue weighted by atomic mass is 32.2. The van der Waals surface area contributed by atoms with Crippen molar-refractivity contribution in [2.45, 2.75) is 6.54 Å². The van der Waals surface area contributed by atoms with Crippen LogP contribution in [0, 0.1) is 0 Å². The monoisotopic (exact) mass is 290 g/mol. The van der Waals surface area contributed by atoms with Crippen LogP contribution >= 0.6 is 0 Å². The highest BCUT2D eigenvalue weighted by Crippen LogP contribution is 1.87. The molecule has 1 rings (SSSR count). The first kappa shape index (κ1) is 15.6. The molecular formula is C10H18N4O4S. The fourth-order valence-corrected chi connectivity index (χ4v) is 2.15. The number of sulfonamides is 1. The Morgan fingerprint density at radius 1 is 1.26 bits per heavy atom. The molecule has 1 aromatic heterocycles. The molecule has 0 aliphatic carbocycles. The molecule has 0 saturated heterocycles. The Kier molecular flexibility index (Phi) is 5.04. The zero-order valence-corrected chi connectivity index (χ0v) is 12.0. The first-order chi connectivity index (χ1) is 8.78. The van der Waals surface area contributed by atoms with Gasteiger partial charge in [0.2, 0.25) is 10.0 Å². The second kappa shape index (κ2) is 6.13. The Bertz CT molecular complexity index is 659. The quantitative estimate of drug-likeness (QED) is 0.575. The predicted octanol–water partition coefficient (Wildman–Crippen LogP) is -2.28. The van der Waals surface area contributed by atoms with Crippen molar-refractivity contribution in [3.8, 4) is 0 Å². The van der Waals surface area contributed by atoms with E-state index in [1.807, 2.05) is 0 Å². The average molecular weight is 290 g/mol. The summed E-state index contributed by atoms with van der Waals surface area (Å²) in [5, 5.41) is 2.86. The first-order valence-electron chi connectivity index (χ1n) is 5.66. The van der Waals surface area contributed by atoms with Crippen LogP contribution in [0.15, 0.2) is 15.8 Å². The van der Waals surface area contributed by atoms with Crippen LogP contribution in [0.2, 0.25) is 0 Å². The normalized spacial score (nSPS) is 11.7. The van der Waals surface area contributed by atoms with Crippen molar-refractivity contribution in [2.24, 2.45) is 14.1 Å². The molecule has 0 aliphatic rings. The van der Waals surface area contributed by atoms with Crippen molar-refractivity contribution in [1.29, 1.82) is 0 Å². The SMILES string of the molecule is CNS(=O)(=O)CCNCc1cn(C)c(=O)n(C)c1=O. The molecule has 0 saturated carbocycles. The summed E-state index contributed by atoms with van der Waals surface area (Å²) in [5.74, 6) is -0.0738. The standard InChI is InChI=1S/C10H18N4O4S/c1-11-19(17,18)5-4-12-6-8-7-13(2)10(16)14(3)9(8)15/h7,11-12H,4-6H2,1-3H3. The number of rotatable bonds is 6. The zero-order chi connectivity index (χ0) is 14.6. The molecule has 9 heteroatoms. The van der Waals surface area contributed by atoms with E-state index in [0.717, 1.165) is 4.57 Å². The van der Waals surface area contributed by atoms with Gasteiger partial charge in [-0.25, -0.2) is 17.9 Å². The number of nitrogens with zero attached hydrogens (tertiary/aromatic N) is 2. The third-order valence-corrected chi connectivity index (χ3v) is 4.06. The Morgan fingerprint density at radius 3 is 2.47 bits per heavy atom. The van der Waals surface area contributed by atoms with Gasteiger partial charge in [0.25, 0.3) is 5.56 Å². The van der Waals surface area contributed by atoms with Gasteiger partial charge in [0.05, 0.1) is 5.75 Å². The van der Waals surface area contributed by atoms with E-state index in [1.165, 1.54) is 24.9 Å². The molecule has 108 valence electrons. The highest BCUT2D eigenvalue weighted by Gasteiger charge is 2.08.